The predicted molar refractivity (Wildman–Crippen MR) is 109 cm³/mol. The van der Waals surface area contributed by atoms with Crippen LogP contribution in [-0.2, 0) is 13.1 Å². The molecule has 0 aliphatic carbocycles. The van der Waals surface area contributed by atoms with Crippen LogP contribution >= 0.6 is 35.3 Å². The lowest BCUT2D eigenvalue weighted by molar-refractivity contribution is 0.340. The topological polar surface area (TPSA) is 36.9 Å². The summed E-state index contributed by atoms with van der Waals surface area (Å²) >= 11 is 1.75. The standard InChI is InChI=1S/C17H23N3OS.HI/c1-4-21-15-9-7-14(8-10-15)13-20(3)17(18-2)19-12-16-6-5-11-22-16;/h5-11H,4,12-13H2,1-3H3,(H,18,19);1H. The van der Waals surface area contributed by atoms with Crippen molar-refractivity contribution in [2.45, 2.75) is 20.0 Å². The minimum atomic E-state index is 0. The van der Waals surface area contributed by atoms with Crippen molar-refractivity contribution in [2.75, 3.05) is 20.7 Å². The number of halogens is 1. The summed E-state index contributed by atoms with van der Waals surface area (Å²) in [5.41, 5.74) is 1.23. The van der Waals surface area contributed by atoms with E-state index in [0.29, 0.717) is 6.61 Å². The van der Waals surface area contributed by atoms with Gasteiger partial charge in [-0.25, -0.2) is 0 Å². The minimum Gasteiger partial charge on any atom is -0.494 e. The molecule has 0 fully saturated rings. The van der Waals surface area contributed by atoms with Gasteiger partial charge < -0.3 is 15.0 Å². The van der Waals surface area contributed by atoms with Crippen molar-refractivity contribution >= 4 is 41.3 Å². The Hall–Kier alpha value is -1.28. The summed E-state index contributed by atoms with van der Waals surface area (Å²) in [5.74, 6) is 1.80. The molecule has 1 aromatic carbocycles. The highest BCUT2D eigenvalue weighted by molar-refractivity contribution is 14.0. The average molecular weight is 445 g/mol. The SMILES string of the molecule is CCOc1ccc(CN(C)C(=NC)NCc2cccs2)cc1.I. The third-order valence-electron chi connectivity index (χ3n) is 3.23. The van der Waals surface area contributed by atoms with Gasteiger partial charge in [-0.2, -0.15) is 0 Å². The lowest BCUT2D eigenvalue weighted by Gasteiger charge is -2.22. The lowest BCUT2D eigenvalue weighted by atomic mass is 10.2. The van der Waals surface area contributed by atoms with Gasteiger partial charge in [0.1, 0.15) is 5.75 Å². The summed E-state index contributed by atoms with van der Waals surface area (Å²) in [5, 5.41) is 5.47. The number of hydrogen-bond donors (Lipinski definition) is 1. The Bertz CT molecular complexity index is 584. The first-order chi connectivity index (χ1) is 10.7. The van der Waals surface area contributed by atoms with Crippen molar-refractivity contribution in [1.82, 2.24) is 10.2 Å². The minimum absolute atomic E-state index is 0. The molecule has 4 nitrogen and oxygen atoms in total. The van der Waals surface area contributed by atoms with Gasteiger partial charge in [-0.15, -0.1) is 35.3 Å². The Morgan fingerprint density at radius 3 is 2.57 bits per heavy atom. The van der Waals surface area contributed by atoms with Gasteiger partial charge in [0.15, 0.2) is 5.96 Å². The molecular weight excluding hydrogens is 421 g/mol. The van der Waals surface area contributed by atoms with Crippen LogP contribution in [0.4, 0.5) is 0 Å². The first kappa shape index (κ1) is 19.8. The second kappa shape index (κ2) is 10.5. The molecule has 0 unspecified atom stereocenters. The van der Waals surface area contributed by atoms with Gasteiger partial charge >= 0.3 is 0 Å². The smallest absolute Gasteiger partial charge is 0.193 e. The second-order valence-corrected chi connectivity index (χ2v) is 5.95. The zero-order chi connectivity index (χ0) is 15.8. The van der Waals surface area contributed by atoms with Crippen LogP contribution in [0, 0.1) is 0 Å². The van der Waals surface area contributed by atoms with Crippen molar-refractivity contribution in [3.8, 4) is 5.75 Å². The van der Waals surface area contributed by atoms with E-state index in [1.165, 1.54) is 10.4 Å². The normalized spacial score (nSPS) is 10.8. The number of nitrogens with one attached hydrogen (secondary N) is 1. The van der Waals surface area contributed by atoms with Gasteiger partial charge in [0.05, 0.1) is 13.2 Å². The maximum Gasteiger partial charge on any atom is 0.193 e. The summed E-state index contributed by atoms with van der Waals surface area (Å²) in [6, 6.07) is 12.4. The third-order valence-corrected chi connectivity index (χ3v) is 4.10. The van der Waals surface area contributed by atoms with Gasteiger partial charge in [0.25, 0.3) is 0 Å². The van der Waals surface area contributed by atoms with E-state index in [9.17, 15) is 0 Å². The number of thiophene rings is 1. The molecule has 0 aliphatic rings. The summed E-state index contributed by atoms with van der Waals surface area (Å²) < 4.78 is 5.47. The van der Waals surface area contributed by atoms with E-state index in [4.69, 9.17) is 4.74 Å². The van der Waals surface area contributed by atoms with E-state index in [0.717, 1.165) is 24.8 Å². The largest absolute Gasteiger partial charge is 0.494 e. The number of nitrogens with zero attached hydrogens (tertiary/aromatic N) is 2. The first-order valence-corrected chi connectivity index (χ1v) is 8.26. The molecule has 0 atom stereocenters. The Kier molecular flexibility index (Phi) is 9.01. The van der Waals surface area contributed by atoms with E-state index in [-0.39, 0.29) is 24.0 Å². The van der Waals surface area contributed by atoms with Crippen LogP contribution in [0.5, 0.6) is 5.75 Å². The molecule has 2 aromatic rings. The van der Waals surface area contributed by atoms with Gasteiger partial charge in [-0.1, -0.05) is 18.2 Å². The van der Waals surface area contributed by atoms with E-state index in [1.807, 2.05) is 33.2 Å². The van der Waals surface area contributed by atoms with Crippen LogP contribution in [0.1, 0.15) is 17.4 Å². The van der Waals surface area contributed by atoms with Crippen LogP contribution in [0.15, 0.2) is 46.8 Å². The number of rotatable bonds is 6. The lowest BCUT2D eigenvalue weighted by Crippen LogP contribution is -2.37. The number of aliphatic imine (C=N–C) groups is 1. The maximum atomic E-state index is 5.47. The molecule has 0 saturated carbocycles. The van der Waals surface area contributed by atoms with Crippen molar-refractivity contribution in [1.29, 1.82) is 0 Å². The molecule has 23 heavy (non-hydrogen) atoms. The zero-order valence-corrected chi connectivity index (χ0v) is 16.9. The van der Waals surface area contributed by atoms with Gasteiger partial charge in [-0.05, 0) is 36.1 Å². The number of ether oxygens (including phenoxy) is 1. The fourth-order valence-corrected chi connectivity index (χ4v) is 2.82. The van der Waals surface area contributed by atoms with Crippen molar-refractivity contribution in [3.05, 3.63) is 52.2 Å². The van der Waals surface area contributed by atoms with E-state index < -0.39 is 0 Å². The molecule has 1 N–H and O–H groups in total. The second-order valence-electron chi connectivity index (χ2n) is 4.91. The van der Waals surface area contributed by atoms with Crippen LogP contribution in [0.2, 0.25) is 0 Å². The summed E-state index contributed by atoms with van der Waals surface area (Å²) in [7, 11) is 3.85. The van der Waals surface area contributed by atoms with Gasteiger partial charge in [0, 0.05) is 25.5 Å². The molecule has 1 heterocycles. The Labute approximate surface area is 159 Å². The molecule has 0 bridgehead atoms. The van der Waals surface area contributed by atoms with Crippen LogP contribution in [0.25, 0.3) is 0 Å². The average Bonchev–Trinajstić information content (AvgIpc) is 3.03. The van der Waals surface area contributed by atoms with Crippen LogP contribution < -0.4 is 10.1 Å². The molecule has 6 heteroatoms. The molecule has 0 spiro atoms. The quantitative estimate of drug-likeness (QED) is 0.416. The molecule has 1 aromatic heterocycles. The van der Waals surface area contributed by atoms with E-state index in [1.54, 1.807) is 11.3 Å². The highest BCUT2D eigenvalue weighted by Crippen LogP contribution is 2.13. The number of guanidine groups is 1. The molecule has 2 rings (SSSR count). The number of benzene rings is 1. The molecule has 0 amide bonds. The molecule has 126 valence electrons. The van der Waals surface area contributed by atoms with Crippen molar-refractivity contribution in [3.63, 3.8) is 0 Å². The molecule has 0 radical (unpaired) electrons. The Morgan fingerprint density at radius 1 is 1.26 bits per heavy atom. The first-order valence-electron chi connectivity index (χ1n) is 7.38. The molecule has 0 saturated heterocycles. The fourth-order valence-electron chi connectivity index (χ4n) is 2.17. The molecule has 0 aliphatic heterocycles. The predicted octanol–water partition coefficient (Wildman–Crippen LogP) is 3.97. The fraction of sp³-hybridized carbons (Fsp3) is 0.353. The zero-order valence-electron chi connectivity index (χ0n) is 13.8. The van der Waals surface area contributed by atoms with Crippen molar-refractivity contribution < 1.29 is 4.74 Å². The monoisotopic (exact) mass is 445 g/mol. The Balaban J connectivity index is 0.00000264. The highest BCUT2D eigenvalue weighted by Gasteiger charge is 2.07. The number of hydrogen-bond acceptors (Lipinski definition) is 3. The summed E-state index contributed by atoms with van der Waals surface area (Å²) in [6.45, 7) is 4.29. The van der Waals surface area contributed by atoms with Crippen LogP contribution in [0.3, 0.4) is 0 Å². The Morgan fingerprint density at radius 2 is 2.00 bits per heavy atom. The third kappa shape index (κ3) is 6.39. The van der Waals surface area contributed by atoms with E-state index >= 15 is 0 Å². The summed E-state index contributed by atoms with van der Waals surface area (Å²) in [4.78, 5) is 7.76. The van der Waals surface area contributed by atoms with Crippen LogP contribution in [-0.4, -0.2) is 31.6 Å². The van der Waals surface area contributed by atoms with Gasteiger partial charge in [-0.3, -0.25) is 4.99 Å². The highest BCUT2D eigenvalue weighted by atomic mass is 127. The van der Waals surface area contributed by atoms with E-state index in [2.05, 4.69) is 44.9 Å². The summed E-state index contributed by atoms with van der Waals surface area (Å²) in [6.07, 6.45) is 0. The van der Waals surface area contributed by atoms with Gasteiger partial charge in [0.2, 0.25) is 0 Å². The molecular formula is C17H24IN3OS. The maximum absolute atomic E-state index is 5.47. The van der Waals surface area contributed by atoms with Crippen molar-refractivity contribution in [2.24, 2.45) is 4.99 Å².